The smallest absolute Gasteiger partial charge is 0.110 e. The molecule has 190 valence electrons. The van der Waals surface area contributed by atoms with Gasteiger partial charge >= 0.3 is 0 Å². The topological polar surface area (TPSA) is 23.6 Å². The Bertz CT molecular complexity index is 1300. The zero-order chi connectivity index (χ0) is 25.5. The molecule has 3 aromatic carbocycles. The van der Waals surface area contributed by atoms with E-state index in [2.05, 4.69) is 60.2 Å². The molecule has 0 unspecified atom stereocenters. The van der Waals surface area contributed by atoms with Crippen molar-refractivity contribution < 1.29 is 4.57 Å². The quantitative estimate of drug-likeness (QED) is 0.342. The van der Waals surface area contributed by atoms with E-state index in [1.165, 1.54) is 61.4 Å². The number of likely N-dealkylation sites (tertiary alicyclic amines) is 1. The second kappa shape index (κ2) is 10.0. The van der Waals surface area contributed by atoms with Crippen LogP contribution in [0.15, 0.2) is 60.7 Å². The largest absolute Gasteiger partial charge is 0.371 e. The number of piperidine rings is 1. The molecule has 2 fully saturated rings. The Morgan fingerprint density at radius 3 is 2.22 bits per heavy atom. The highest BCUT2D eigenvalue weighted by Crippen LogP contribution is 2.41. The molecule has 3 aromatic rings. The summed E-state index contributed by atoms with van der Waals surface area (Å²) in [5.41, 5.74) is 8.10. The molecule has 0 aromatic heterocycles. The highest BCUT2D eigenvalue weighted by Gasteiger charge is 2.43. The summed E-state index contributed by atoms with van der Waals surface area (Å²) in [5.74, 6) is 0. The predicted octanol–water partition coefficient (Wildman–Crippen LogP) is 6.61. The second-order valence-electron chi connectivity index (χ2n) is 11.5. The van der Waals surface area contributed by atoms with Gasteiger partial charge in [0.15, 0.2) is 0 Å². The fraction of sp³-hybridized carbons (Fsp3) is 0.419. The van der Waals surface area contributed by atoms with Crippen molar-refractivity contribution in [2.24, 2.45) is 5.41 Å². The number of hydrogen-bond donors (Lipinski definition) is 0. The molecule has 36 heavy (non-hydrogen) atoms. The van der Waals surface area contributed by atoms with Gasteiger partial charge < -0.3 is 14.4 Å². The number of hydrogen-bond acceptors (Lipinski definition) is 3. The first-order valence-electron chi connectivity index (χ1n) is 13.1. The molecule has 0 saturated carbocycles. The van der Waals surface area contributed by atoms with Crippen LogP contribution >= 0.6 is 18.7 Å². The third kappa shape index (κ3) is 5.44. The predicted molar refractivity (Wildman–Crippen MR) is 155 cm³/mol. The van der Waals surface area contributed by atoms with Crippen molar-refractivity contribution in [3.63, 3.8) is 0 Å². The zero-order valence-corrected chi connectivity index (χ0v) is 23.7. The molecule has 2 saturated heterocycles. The molecule has 2 heterocycles. The van der Waals surface area contributed by atoms with Gasteiger partial charge in [-0.1, -0.05) is 60.1 Å². The first kappa shape index (κ1) is 25.6. The van der Waals surface area contributed by atoms with Crippen LogP contribution in [0.5, 0.6) is 0 Å². The van der Waals surface area contributed by atoms with E-state index in [4.69, 9.17) is 11.6 Å². The maximum absolute atomic E-state index is 12.8. The van der Waals surface area contributed by atoms with Crippen molar-refractivity contribution in [3.8, 4) is 0 Å². The summed E-state index contributed by atoms with van der Waals surface area (Å²) in [6.07, 6.45) is 4.18. The Balaban J connectivity index is 1.29. The number of aryl methyl sites for hydroxylation is 1. The van der Waals surface area contributed by atoms with E-state index < -0.39 is 7.14 Å². The lowest BCUT2D eigenvalue weighted by molar-refractivity contribution is 0.00130. The Morgan fingerprint density at radius 2 is 1.56 bits per heavy atom. The molecule has 2 aliphatic heterocycles. The molecule has 1 spiro atoms. The van der Waals surface area contributed by atoms with Gasteiger partial charge in [-0.2, -0.15) is 0 Å². The van der Waals surface area contributed by atoms with Crippen LogP contribution in [0.2, 0.25) is 5.02 Å². The van der Waals surface area contributed by atoms with E-state index >= 15 is 0 Å². The lowest BCUT2D eigenvalue weighted by Gasteiger charge is -2.53. The highest BCUT2D eigenvalue weighted by atomic mass is 35.5. The van der Waals surface area contributed by atoms with Crippen LogP contribution in [-0.2, 0) is 17.4 Å². The van der Waals surface area contributed by atoms with Crippen molar-refractivity contribution in [2.75, 3.05) is 51.5 Å². The zero-order valence-electron chi connectivity index (χ0n) is 22.1. The molecule has 0 aliphatic carbocycles. The molecule has 0 atom stereocenters. The fourth-order valence-corrected chi connectivity index (χ4v) is 7.79. The Hall–Kier alpha value is -2.06. The second-order valence-corrected chi connectivity index (χ2v) is 15.1. The Kier molecular flexibility index (Phi) is 7.11. The fourth-order valence-electron chi connectivity index (χ4n) is 6.32. The minimum atomic E-state index is -2.35. The van der Waals surface area contributed by atoms with Crippen molar-refractivity contribution in [1.29, 1.82) is 0 Å². The van der Waals surface area contributed by atoms with Gasteiger partial charge in [0, 0.05) is 42.2 Å². The third-order valence-electron chi connectivity index (χ3n) is 8.11. The average Bonchev–Trinajstić information content (AvgIpc) is 2.81. The van der Waals surface area contributed by atoms with E-state index in [1.807, 2.05) is 37.6 Å². The van der Waals surface area contributed by atoms with Crippen LogP contribution in [0.1, 0.15) is 40.7 Å². The molecule has 0 radical (unpaired) electrons. The van der Waals surface area contributed by atoms with Crippen LogP contribution in [0, 0.1) is 12.3 Å². The molecule has 0 N–H and O–H groups in total. The maximum Gasteiger partial charge on any atom is 0.110 e. The van der Waals surface area contributed by atoms with Crippen molar-refractivity contribution in [3.05, 3.63) is 93.5 Å². The van der Waals surface area contributed by atoms with Crippen LogP contribution < -0.4 is 10.2 Å². The first-order valence-corrected chi connectivity index (χ1v) is 16.0. The van der Waals surface area contributed by atoms with Crippen LogP contribution in [0.25, 0.3) is 0 Å². The summed E-state index contributed by atoms with van der Waals surface area (Å²) in [6, 6.07) is 21.4. The summed E-state index contributed by atoms with van der Waals surface area (Å²) in [5, 5.41) is 1.72. The van der Waals surface area contributed by atoms with Crippen LogP contribution in [0.4, 0.5) is 5.69 Å². The van der Waals surface area contributed by atoms with E-state index in [0.29, 0.717) is 11.8 Å². The van der Waals surface area contributed by atoms with Gasteiger partial charge in [-0.25, -0.2) is 0 Å². The number of anilines is 1. The minimum absolute atomic E-state index is 0.580. The molecule has 5 heteroatoms. The van der Waals surface area contributed by atoms with Crippen LogP contribution in [0.3, 0.4) is 0 Å². The van der Waals surface area contributed by atoms with E-state index in [0.717, 1.165) is 27.9 Å². The summed E-state index contributed by atoms with van der Waals surface area (Å²) in [4.78, 5) is 5.03. The third-order valence-corrected chi connectivity index (χ3v) is 10.1. The van der Waals surface area contributed by atoms with Gasteiger partial charge in [-0.05, 0) is 98.3 Å². The molecule has 3 nitrogen and oxygen atoms in total. The molecule has 0 amide bonds. The van der Waals surface area contributed by atoms with Gasteiger partial charge in [0.25, 0.3) is 0 Å². The van der Waals surface area contributed by atoms with E-state index in [9.17, 15) is 4.57 Å². The summed E-state index contributed by atoms with van der Waals surface area (Å²) < 4.78 is 12.8. The Morgan fingerprint density at radius 1 is 0.889 bits per heavy atom. The van der Waals surface area contributed by atoms with E-state index in [1.54, 1.807) is 0 Å². The molecule has 2 aliphatic rings. The van der Waals surface area contributed by atoms with Crippen molar-refractivity contribution >= 4 is 29.7 Å². The van der Waals surface area contributed by atoms with Gasteiger partial charge in [0.1, 0.15) is 7.14 Å². The average molecular weight is 521 g/mol. The Labute approximate surface area is 221 Å². The van der Waals surface area contributed by atoms with Gasteiger partial charge in [0.05, 0.1) is 0 Å². The first-order chi connectivity index (χ1) is 17.1. The van der Waals surface area contributed by atoms with Gasteiger partial charge in [-0.3, -0.25) is 0 Å². The lowest BCUT2D eigenvalue weighted by atomic mass is 9.72. The van der Waals surface area contributed by atoms with Gasteiger partial charge in [-0.15, -0.1) is 0 Å². The minimum Gasteiger partial charge on any atom is -0.371 e. The molecule has 0 bridgehead atoms. The van der Waals surface area contributed by atoms with E-state index in [-0.39, 0.29) is 0 Å². The van der Waals surface area contributed by atoms with Crippen LogP contribution in [-0.4, -0.2) is 51.5 Å². The monoisotopic (exact) mass is 520 g/mol. The lowest BCUT2D eigenvalue weighted by Crippen LogP contribution is -2.58. The summed E-state index contributed by atoms with van der Waals surface area (Å²) in [7, 11) is -0.121. The normalized spacial score (nSPS) is 17.9. The van der Waals surface area contributed by atoms with Crippen molar-refractivity contribution in [1.82, 2.24) is 4.90 Å². The number of halogens is 1. The SMILES string of the molecule is Cc1cc(Cc2ccc(Cl)c(Cc3ccccc3P(C)(C)=O)c2)ccc1N1CCC2(CC1)CN(C)C2. The van der Waals surface area contributed by atoms with Gasteiger partial charge in [0.2, 0.25) is 0 Å². The highest BCUT2D eigenvalue weighted by molar-refractivity contribution is 7.70. The molecular weight excluding hydrogens is 483 g/mol. The number of benzene rings is 3. The molecule has 5 rings (SSSR count). The summed E-state index contributed by atoms with van der Waals surface area (Å²) in [6.45, 7) is 10.8. The van der Waals surface area contributed by atoms with Crippen molar-refractivity contribution in [2.45, 2.75) is 32.6 Å². The number of nitrogens with zero attached hydrogens (tertiary/aromatic N) is 2. The molecular formula is C31H38ClN2OP. The standard InChI is InChI=1S/C31H38ClN2OP/c1-23-17-24(10-12-29(23)34-15-13-31(14-16-34)21-33(2)22-31)18-25-9-11-28(32)27(19-25)20-26-7-5-6-8-30(26)36(3,4)35/h5-12,17,19H,13-16,18,20-22H2,1-4H3. The summed E-state index contributed by atoms with van der Waals surface area (Å²) >= 11 is 6.61. The number of rotatable bonds is 6. The maximum atomic E-state index is 12.8.